The maximum Gasteiger partial charge on any atom is 0.410 e. The van der Waals surface area contributed by atoms with E-state index in [-0.39, 0.29) is 11.4 Å². The topological polar surface area (TPSA) is 199 Å². The Bertz CT molecular complexity index is 1030. The summed E-state index contributed by atoms with van der Waals surface area (Å²) in [6, 6.07) is 4.87. The number of carbonyl (C=O) groups excluding carboxylic acids is 5. The molecule has 0 aliphatic carbocycles. The van der Waals surface area contributed by atoms with Gasteiger partial charge in [0.25, 0.3) is 5.69 Å². The minimum Gasteiger partial charge on any atom is -0.463 e. The zero-order valence-corrected chi connectivity index (χ0v) is 19.8. The smallest absolute Gasteiger partial charge is 0.410 e. The summed E-state index contributed by atoms with van der Waals surface area (Å²) in [4.78, 5) is 68.5. The van der Waals surface area contributed by atoms with Crippen molar-refractivity contribution in [3.63, 3.8) is 0 Å². The lowest BCUT2D eigenvalue weighted by molar-refractivity contribution is -0.384. The standard InChI is InChI=1S/C21H24FN3O12/c1-10(26)33-9-15-18(34-11(2)27)19(35-12(3)28)17(22)20(36-15)37-21(30)23-8-16(29)24-13-4-6-14(7-5-13)25(31)32/h4-7,15,17-20H,8-9H2,1-3H3,(H,23,30)(H,24,29)/t15-,17-,18-,19-,20+/m1/s1. The highest BCUT2D eigenvalue weighted by Gasteiger charge is 2.52. The molecule has 16 heteroatoms. The Balaban J connectivity index is 2.03. The number of hydrogen-bond acceptors (Lipinski definition) is 12. The quantitative estimate of drug-likeness (QED) is 0.197. The first kappa shape index (κ1) is 28.9. The molecule has 0 saturated carbocycles. The summed E-state index contributed by atoms with van der Waals surface area (Å²) >= 11 is 0. The second-order valence-electron chi connectivity index (χ2n) is 7.55. The maximum absolute atomic E-state index is 15.1. The van der Waals surface area contributed by atoms with Crippen LogP contribution in [0.5, 0.6) is 0 Å². The molecule has 0 radical (unpaired) electrons. The Hall–Kier alpha value is -4.34. The van der Waals surface area contributed by atoms with E-state index in [9.17, 15) is 34.1 Å². The molecule has 5 atom stereocenters. The Morgan fingerprint density at radius 3 is 2.11 bits per heavy atom. The van der Waals surface area contributed by atoms with Gasteiger partial charge in [-0.25, -0.2) is 9.18 Å². The molecular weight excluding hydrogens is 505 g/mol. The molecule has 1 aromatic rings. The van der Waals surface area contributed by atoms with Crippen LogP contribution in [0.25, 0.3) is 0 Å². The third kappa shape index (κ3) is 8.99. The molecule has 0 bridgehead atoms. The molecular formula is C21H24FN3O12. The average molecular weight is 529 g/mol. The van der Waals surface area contributed by atoms with Gasteiger partial charge in [-0.15, -0.1) is 0 Å². The molecule has 1 aromatic carbocycles. The molecule has 0 unspecified atom stereocenters. The van der Waals surface area contributed by atoms with Crippen molar-refractivity contribution < 1.29 is 57.0 Å². The number of nitrogens with one attached hydrogen (secondary N) is 2. The number of halogens is 1. The number of amides is 2. The molecule has 2 amide bonds. The van der Waals surface area contributed by atoms with Crippen molar-refractivity contribution in [2.75, 3.05) is 18.5 Å². The van der Waals surface area contributed by atoms with Crippen LogP contribution in [0.3, 0.4) is 0 Å². The van der Waals surface area contributed by atoms with E-state index in [2.05, 4.69) is 10.6 Å². The Morgan fingerprint density at radius 2 is 1.57 bits per heavy atom. The van der Waals surface area contributed by atoms with E-state index in [0.717, 1.165) is 32.9 Å². The highest BCUT2D eigenvalue weighted by atomic mass is 19.1. The summed E-state index contributed by atoms with van der Waals surface area (Å²) in [5, 5.41) is 15.1. The number of alkyl halides is 1. The van der Waals surface area contributed by atoms with Gasteiger partial charge in [-0.1, -0.05) is 0 Å². The van der Waals surface area contributed by atoms with Crippen LogP contribution in [-0.4, -0.2) is 78.8 Å². The summed E-state index contributed by atoms with van der Waals surface area (Å²) in [5.74, 6) is -3.30. The number of nitro benzene ring substituents is 1. The molecule has 2 N–H and O–H groups in total. The zero-order valence-electron chi connectivity index (χ0n) is 19.8. The molecule has 37 heavy (non-hydrogen) atoms. The molecule has 1 saturated heterocycles. The van der Waals surface area contributed by atoms with Gasteiger partial charge in [0.05, 0.1) is 4.92 Å². The molecule has 15 nitrogen and oxygen atoms in total. The van der Waals surface area contributed by atoms with E-state index in [4.69, 9.17) is 23.7 Å². The van der Waals surface area contributed by atoms with Gasteiger partial charge in [0.1, 0.15) is 19.3 Å². The van der Waals surface area contributed by atoms with E-state index >= 15 is 4.39 Å². The van der Waals surface area contributed by atoms with Gasteiger partial charge < -0.3 is 34.3 Å². The second kappa shape index (κ2) is 13.1. The molecule has 1 aliphatic heterocycles. The fourth-order valence-electron chi connectivity index (χ4n) is 3.13. The van der Waals surface area contributed by atoms with Gasteiger partial charge >= 0.3 is 24.0 Å². The van der Waals surface area contributed by atoms with Gasteiger partial charge in [-0.3, -0.25) is 29.3 Å². The van der Waals surface area contributed by atoms with Crippen LogP contribution in [0.2, 0.25) is 0 Å². The first-order chi connectivity index (χ1) is 17.4. The average Bonchev–Trinajstić information content (AvgIpc) is 2.80. The van der Waals surface area contributed by atoms with Crippen molar-refractivity contribution in [2.45, 2.75) is 51.5 Å². The minimum atomic E-state index is -2.33. The minimum absolute atomic E-state index is 0.192. The van der Waals surface area contributed by atoms with Crippen LogP contribution in [-0.2, 0) is 42.9 Å². The Labute approximate surface area is 208 Å². The van der Waals surface area contributed by atoms with Crippen LogP contribution < -0.4 is 10.6 Å². The molecule has 0 aromatic heterocycles. The summed E-state index contributed by atoms with van der Waals surface area (Å²) < 4.78 is 40.1. The van der Waals surface area contributed by atoms with Crippen molar-refractivity contribution in [2.24, 2.45) is 0 Å². The van der Waals surface area contributed by atoms with Gasteiger partial charge in [-0.2, -0.15) is 0 Å². The van der Waals surface area contributed by atoms with Crippen LogP contribution in [0.15, 0.2) is 24.3 Å². The number of rotatable bonds is 9. The van der Waals surface area contributed by atoms with E-state index in [1.807, 2.05) is 0 Å². The number of non-ortho nitro benzene ring substituents is 1. The monoisotopic (exact) mass is 529 g/mol. The number of ether oxygens (including phenoxy) is 5. The predicted octanol–water partition coefficient (Wildman–Crippen LogP) is 0.749. The van der Waals surface area contributed by atoms with Crippen molar-refractivity contribution in [1.82, 2.24) is 5.32 Å². The summed E-state index contributed by atoms with van der Waals surface area (Å²) in [6.07, 6.45) is -10.3. The number of hydrogen-bond donors (Lipinski definition) is 2. The highest BCUT2D eigenvalue weighted by Crippen LogP contribution is 2.29. The fourth-order valence-corrected chi connectivity index (χ4v) is 3.13. The predicted molar refractivity (Wildman–Crippen MR) is 118 cm³/mol. The number of alkyl carbamates (subject to hydrolysis) is 1. The largest absolute Gasteiger partial charge is 0.463 e. The molecule has 0 spiro atoms. The van der Waals surface area contributed by atoms with Crippen molar-refractivity contribution in [3.05, 3.63) is 34.4 Å². The van der Waals surface area contributed by atoms with Gasteiger partial charge in [0.2, 0.25) is 18.4 Å². The van der Waals surface area contributed by atoms with Gasteiger partial charge in [0, 0.05) is 38.6 Å². The number of nitrogens with zero attached hydrogens (tertiary/aromatic N) is 1. The van der Waals surface area contributed by atoms with Crippen LogP contribution >= 0.6 is 0 Å². The highest BCUT2D eigenvalue weighted by molar-refractivity contribution is 5.93. The molecule has 1 heterocycles. The molecule has 1 aliphatic rings. The third-order valence-corrected chi connectivity index (χ3v) is 4.61. The first-order valence-electron chi connectivity index (χ1n) is 10.6. The van der Waals surface area contributed by atoms with Crippen molar-refractivity contribution in [3.8, 4) is 0 Å². The Kier molecular flexibility index (Phi) is 10.2. The normalized spacial score (nSPS) is 22.6. The summed E-state index contributed by atoms with van der Waals surface area (Å²) in [5.41, 5.74) is 0.0159. The first-order valence-corrected chi connectivity index (χ1v) is 10.6. The van der Waals surface area contributed by atoms with Crippen LogP contribution in [0.4, 0.5) is 20.6 Å². The molecule has 202 valence electrons. The second-order valence-corrected chi connectivity index (χ2v) is 7.55. The van der Waals surface area contributed by atoms with E-state index in [1.165, 1.54) is 12.1 Å². The lowest BCUT2D eigenvalue weighted by Crippen LogP contribution is -2.61. The van der Waals surface area contributed by atoms with Crippen LogP contribution in [0.1, 0.15) is 20.8 Å². The van der Waals surface area contributed by atoms with Crippen molar-refractivity contribution in [1.29, 1.82) is 0 Å². The SMILES string of the molecule is CC(=O)OC[C@H]1O[C@@H](OC(=O)NCC(=O)Nc2ccc([N+](=O)[O-])cc2)[C@H](F)[C@@H](OC(C)=O)[C@@H]1OC(C)=O. The van der Waals surface area contributed by atoms with Crippen molar-refractivity contribution >= 4 is 41.3 Å². The van der Waals surface area contributed by atoms with Gasteiger partial charge in [0.15, 0.2) is 12.2 Å². The fraction of sp³-hybridized carbons (Fsp3) is 0.476. The lowest BCUT2D eigenvalue weighted by Gasteiger charge is -2.41. The Morgan fingerprint density at radius 1 is 0.973 bits per heavy atom. The number of carbonyl (C=O) groups is 5. The van der Waals surface area contributed by atoms with E-state index in [0.29, 0.717) is 0 Å². The third-order valence-electron chi connectivity index (χ3n) is 4.61. The number of nitro groups is 1. The maximum atomic E-state index is 15.1. The molecule has 2 rings (SSSR count). The lowest BCUT2D eigenvalue weighted by atomic mass is 9.99. The van der Waals surface area contributed by atoms with Gasteiger partial charge in [-0.05, 0) is 12.1 Å². The zero-order chi connectivity index (χ0) is 27.7. The molecule has 1 fully saturated rings. The summed E-state index contributed by atoms with van der Waals surface area (Å²) in [6.45, 7) is 1.87. The van der Waals surface area contributed by atoms with Crippen LogP contribution in [0, 0.1) is 10.1 Å². The number of anilines is 1. The summed E-state index contributed by atoms with van der Waals surface area (Å²) in [7, 11) is 0. The number of esters is 3. The van der Waals surface area contributed by atoms with E-state index in [1.54, 1.807) is 0 Å². The van der Waals surface area contributed by atoms with E-state index < -0.39 is 78.8 Å². The number of benzene rings is 1.